The van der Waals surface area contributed by atoms with Crippen molar-refractivity contribution in [1.29, 1.82) is 0 Å². The number of carbonyl (C=O) groups is 1. The van der Waals surface area contributed by atoms with Crippen LogP contribution in [0.4, 0.5) is 0 Å². The first-order chi connectivity index (χ1) is 8.90. The lowest BCUT2D eigenvalue weighted by Gasteiger charge is -2.26. The summed E-state index contributed by atoms with van der Waals surface area (Å²) in [5.74, 6) is 0.524. The molecule has 0 saturated heterocycles. The van der Waals surface area contributed by atoms with Crippen LogP contribution in [0.15, 0.2) is 0 Å². The Morgan fingerprint density at radius 1 is 1.21 bits per heavy atom. The van der Waals surface area contributed by atoms with E-state index >= 15 is 0 Å². The van der Waals surface area contributed by atoms with Crippen molar-refractivity contribution in [2.75, 3.05) is 26.2 Å². The van der Waals surface area contributed by atoms with Crippen molar-refractivity contribution in [2.24, 2.45) is 5.92 Å². The summed E-state index contributed by atoms with van der Waals surface area (Å²) < 4.78 is 5.13. The van der Waals surface area contributed by atoms with Gasteiger partial charge in [0.1, 0.15) is 6.04 Å². The zero-order valence-electron chi connectivity index (χ0n) is 13.5. The zero-order valence-corrected chi connectivity index (χ0v) is 13.5. The highest BCUT2D eigenvalue weighted by Crippen LogP contribution is 2.04. The molecule has 4 nitrogen and oxygen atoms in total. The summed E-state index contributed by atoms with van der Waals surface area (Å²) >= 11 is 0. The van der Waals surface area contributed by atoms with Crippen molar-refractivity contribution in [3.8, 4) is 0 Å². The number of nitrogens with one attached hydrogen (secondary N) is 1. The number of rotatable bonds is 10. The summed E-state index contributed by atoms with van der Waals surface area (Å²) in [6.07, 6.45) is 0.803. The predicted octanol–water partition coefficient (Wildman–Crippen LogP) is 2.28. The third-order valence-electron chi connectivity index (χ3n) is 2.91. The van der Waals surface area contributed by atoms with E-state index in [1.165, 1.54) is 0 Å². The molecule has 0 rings (SSSR count). The van der Waals surface area contributed by atoms with Crippen molar-refractivity contribution in [2.45, 2.75) is 60.0 Å². The van der Waals surface area contributed by atoms with Gasteiger partial charge in [-0.3, -0.25) is 4.79 Å². The van der Waals surface area contributed by atoms with Gasteiger partial charge in [-0.05, 0) is 25.8 Å². The molecule has 0 aliphatic carbocycles. The normalized spacial score (nSPS) is 13.3. The maximum atomic E-state index is 11.9. The third-order valence-corrected chi connectivity index (χ3v) is 2.91. The van der Waals surface area contributed by atoms with Gasteiger partial charge in [0.05, 0.1) is 6.61 Å². The minimum Gasteiger partial charge on any atom is -0.465 e. The number of hydrogen-bond acceptors (Lipinski definition) is 4. The van der Waals surface area contributed by atoms with E-state index in [9.17, 15) is 4.79 Å². The quantitative estimate of drug-likeness (QED) is 0.620. The molecule has 0 aliphatic heterocycles. The monoisotopic (exact) mass is 272 g/mol. The second-order valence-electron chi connectivity index (χ2n) is 5.70. The van der Waals surface area contributed by atoms with E-state index in [1.54, 1.807) is 0 Å². The lowest BCUT2D eigenvalue weighted by Crippen LogP contribution is -2.44. The van der Waals surface area contributed by atoms with Crippen LogP contribution >= 0.6 is 0 Å². The Kier molecular flexibility index (Phi) is 9.88. The Morgan fingerprint density at radius 2 is 1.84 bits per heavy atom. The average molecular weight is 272 g/mol. The van der Waals surface area contributed by atoms with Crippen molar-refractivity contribution in [1.82, 2.24) is 10.2 Å². The molecule has 1 N–H and O–H groups in total. The number of ether oxygens (including phenoxy) is 1. The predicted molar refractivity (Wildman–Crippen MR) is 80.3 cm³/mol. The summed E-state index contributed by atoms with van der Waals surface area (Å²) in [5, 5.41) is 3.30. The molecule has 1 atom stereocenters. The van der Waals surface area contributed by atoms with Crippen LogP contribution in [0, 0.1) is 5.92 Å². The van der Waals surface area contributed by atoms with Gasteiger partial charge in [0.15, 0.2) is 0 Å². The highest BCUT2D eigenvalue weighted by atomic mass is 16.5. The molecule has 114 valence electrons. The molecule has 0 aromatic rings. The number of esters is 1. The van der Waals surface area contributed by atoms with Crippen molar-refractivity contribution in [3.63, 3.8) is 0 Å². The Hall–Kier alpha value is -0.610. The largest absolute Gasteiger partial charge is 0.465 e. The molecule has 0 fully saturated rings. The van der Waals surface area contributed by atoms with Gasteiger partial charge in [-0.25, -0.2) is 0 Å². The molecule has 1 unspecified atom stereocenters. The van der Waals surface area contributed by atoms with E-state index in [2.05, 4.69) is 44.8 Å². The molecule has 0 aromatic carbocycles. The minimum absolute atomic E-state index is 0.128. The smallest absolute Gasteiger partial charge is 0.323 e. The maximum absolute atomic E-state index is 11.9. The second kappa shape index (κ2) is 10.2. The van der Waals surface area contributed by atoms with Gasteiger partial charge in [-0.2, -0.15) is 0 Å². The Bertz CT molecular complexity index is 242. The topological polar surface area (TPSA) is 41.6 Å². The lowest BCUT2D eigenvalue weighted by molar-refractivity contribution is -0.146. The van der Waals surface area contributed by atoms with Crippen LogP contribution in [0.25, 0.3) is 0 Å². The number of nitrogens with zero attached hydrogens (tertiary/aromatic N) is 1. The van der Waals surface area contributed by atoms with Crippen LogP contribution in [0.3, 0.4) is 0 Å². The minimum atomic E-state index is -0.193. The van der Waals surface area contributed by atoms with Gasteiger partial charge in [-0.15, -0.1) is 0 Å². The first-order valence-electron chi connectivity index (χ1n) is 7.55. The molecular formula is C15H32N2O2. The fourth-order valence-electron chi connectivity index (χ4n) is 2.12. The van der Waals surface area contributed by atoms with Crippen LogP contribution in [0.2, 0.25) is 0 Å². The molecular weight excluding hydrogens is 240 g/mol. The Balaban J connectivity index is 4.33. The molecule has 19 heavy (non-hydrogen) atoms. The number of carbonyl (C=O) groups excluding carboxylic acids is 1. The summed E-state index contributed by atoms with van der Waals surface area (Å²) in [7, 11) is 0. The molecule has 0 saturated carbocycles. The van der Waals surface area contributed by atoms with Crippen LogP contribution in [-0.2, 0) is 9.53 Å². The van der Waals surface area contributed by atoms with Gasteiger partial charge in [0.25, 0.3) is 0 Å². The van der Waals surface area contributed by atoms with Gasteiger partial charge >= 0.3 is 5.97 Å². The Labute approximate surface area is 118 Å². The molecule has 0 amide bonds. The van der Waals surface area contributed by atoms with Crippen LogP contribution in [-0.4, -0.2) is 49.2 Å². The molecule has 0 bridgehead atoms. The fraction of sp³-hybridized carbons (Fsp3) is 0.933. The maximum Gasteiger partial charge on any atom is 0.323 e. The molecule has 0 radical (unpaired) electrons. The summed E-state index contributed by atoms with van der Waals surface area (Å²) in [4.78, 5) is 14.3. The standard InChI is InChI=1S/C15H32N2O2/c1-7-17(11-12(3)4)10-9-14(16-13(5)6)15(18)19-8-2/h12-14,16H,7-11H2,1-6H3. The molecule has 0 aliphatic rings. The third kappa shape index (κ3) is 9.00. The summed E-state index contributed by atoms with van der Waals surface area (Å²) in [6, 6.07) is 0.0933. The van der Waals surface area contributed by atoms with Gasteiger partial charge in [-0.1, -0.05) is 34.6 Å². The van der Waals surface area contributed by atoms with E-state index in [0.29, 0.717) is 12.5 Å². The van der Waals surface area contributed by atoms with E-state index in [-0.39, 0.29) is 18.1 Å². The molecule has 0 aromatic heterocycles. The number of hydrogen-bond donors (Lipinski definition) is 1. The van der Waals surface area contributed by atoms with Crippen LogP contribution in [0.1, 0.15) is 48.0 Å². The van der Waals surface area contributed by atoms with E-state index < -0.39 is 0 Å². The van der Waals surface area contributed by atoms with Crippen molar-refractivity contribution in [3.05, 3.63) is 0 Å². The van der Waals surface area contributed by atoms with Crippen LogP contribution < -0.4 is 5.32 Å². The van der Waals surface area contributed by atoms with Crippen molar-refractivity contribution >= 4 is 5.97 Å². The van der Waals surface area contributed by atoms with E-state index in [1.807, 2.05) is 6.92 Å². The molecule has 4 heteroatoms. The highest BCUT2D eigenvalue weighted by molar-refractivity contribution is 5.75. The van der Waals surface area contributed by atoms with Gasteiger partial charge < -0.3 is 15.0 Å². The molecule has 0 heterocycles. The van der Waals surface area contributed by atoms with Crippen LogP contribution in [0.5, 0.6) is 0 Å². The lowest BCUT2D eigenvalue weighted by atomic mass is 10.1. The van der Waals surface area contributed by atoms with E-state index in [4.69, 9.17) is 4.74 Å². The SMILES string of the molecule is CCOC(=O)C(CCN(CC)CC(C)C)NC(C)C. The Morgan fingerprint density at radius 3 is 2.26 bits per heavy atom. The highest BCUT2D eigenvalue weighted by Gasteiger charge is 2.21. The molecule has 0 spiro atoms. The first-order valence-corrected chi connectivity index (χ1v) is 7.55. The zero-order chi connectivity index (χ0) is 14.8. The summed E-state index contributed by atoms with van der Waals surface area (Å²) in [5.41, 5.74) is 0. The first kappa shape index (κ1) is 18.4. The van der Waals surface area contributed by atoms with E-state index in [0.717, 1.165) is 26.1 Å². The van der Waals surface area contributed by atoms with Crippen molar-refractivity contribution < 1.29 is 9.53 Å². The fourth-order valence-corrected chi connectivity index (χ4v) is 2.12. The second-order valence-corrected chi connectivity index (χ2v) is 5.70. The summed E-state index contributed by atoms with van der Waals surface area (Å²) in [6.45, 7) is 16.0. The average Bonchev–Trinajstić information content (AvgIpc) is 2.31. The van der Waals surface area contributed by atoms with Gasteiger partial charge in [0.2, 0.25) is 0 Å². The van der Waals surface area contributed by atoms with Gasteiger partial charge in [0, 0.05) is 19.1 Å².